The summed E-state index contributed by atoms with van der Waals surface area (Å²) >= 11 is 5.53. The van der Waals surface area contributed by atoms with E-state index in [0.717, 1.165) is 13.0 Å². The predicted molar refractivity (Wildman–Crippen MR) is 49.7 cm³/mol. The zero-order valence-electron chi connectivity index (χ0n) is 7.16. The molecule has 4 heteroatoms. The zero-order chi connectivity index (χ0) is 8.97. The highest BCUT2D eigenvalue weighted by atomic mass is 35.5. The van der Waals surface area contributed by atoms with E-state index in [9.17, 15) is 4.79 Å². The van der Waals surface area contributed by atoms with Crippen molar-refractivity contribution in [3.05, 3.63) is 22.9 Å². The maximum atomic E-state index is 11.4. The molecule has 0 aliphatic carbocycles. The van der Waals surface area contributed by atoms with Gasteiger partial charge < -0.3 is 0 Å². The van der Waals surface area contributed by atoms with Gasteiger partial charge in [0, 0.05) is 31.4 Å². The van der Waals surface area contributed by atoms with Gasteiger partial charge in [-0.1, -0.05) is 6.92 Å². The van der Waals surface area contributed by atoms with Crippen molar-refractivity contribution in [2.45, 2.75) is 26.4 Å². The van der Waals surface area contributed by atoms with Crippen LogP contribution in [0.15, 0.2) is 17.2 Å². The molecule has 0 unspecified atom stereocenters. The number of aryl methyl sites for hydroxylation is 2. The van der Waals surface area contributed by atoms with Crippen LogP contribution in [0.25, 0.3) is 0 Å². The molecule has 1 heterocycles. The van der Waals surface area contributed by atoms with Crippen LogP contribution in [0.2, 0.25) is 0 Å². The molecule has 0 atom stereocenters. The van der Waals surface area contributed by atoms with Crippen LogP contribution in [0.5, 0.6) is 0 Å². The summed E-state index contributed by atoms with van der Waals surface area (Å²) in [6.45, 7) is 3.43. The lowest BCUT2D eigenvalue weighted by atomic mass is 10.5. The summed E-state index contributed by atoms with van der Waals surface area (Å²) in [7, 11) is 0. The van der Waals surface area contributed by atoms with E-state index in [4.69, 9.17) is 11.6 Å². The van der Waals surface area contributed by atoms with Crippen LogP contribution in [0.1, 0.15) is 13.3 Å². The predicted octanol–water partition coefficient (Wildman–Crippen LogP) is 1.30. The number of imidazole rings is 1. The first kappa shape index (κ1) is 9.39. The fourth-order valence-electron chi connectivity index (χ4n) is 1.13. The van der Waals surface area contributed by atoms with Gasteiger partial charge in [-0.3, -0.25) is 9.13 Å². The minimum Gasteiger partial charge on any atom is -0.299 e. The Bertz CT molecular complexity index is 263. The second kappa shape index (κ2) is 4.36. The molecule has 0 radical (unpaired) electrons. The molecule has 0 saturated carbocycles. The van der Waals surface area contributed by atoms with E-state index in [-0.39, 0.29) is 5.69 Å². The van der Waals surface area contributed by atoms with Gasteiger partial charge in [0.1, 0.15) is 0 Å². The summed E-state index contributed by atoms with van der Waals surface area (Å²) in [5.41, 5.74) is 0.0394. The Morgan fingerprint density at radius 1 is 1.33 bits per heavy atom. The lowest BCUT2D eigenvalue weighted by Crippen LogP contribution is -2.24. The van der Waals surface area contributed by atoms with Crippen molar-refractivity contribution in [1.82, 2.24) is 9.13 Å². The SMILES string of the molecule is CCCn1ccn(CCCl)c1=O. The fourth-order valence-corrected chi connectivity index (χ4v) is 1.31. The Balaban J connectivity index is 2.81. The highest BCUT2D eigenvalue weighted by Crippen LogP contribution is 1.89. The molecule has 0 amide bonds. The topological polar surface area (TPSA) is 26.9 Å². The molecule has 0 bridgehead atoms. The van der Waals surface area contributed by atoms with Gasteiger partial charge in [-0.15, -0.1) is 11.6 Å². The fraction of sp³-hybridized carbons (Fsp3) is 0.625. The second-order valence-electron chi connectivity index (χ2n) is 2.66. The molecule has 68 valence electrons. The number of hydrogen-bond donors (Lipinski definition) is 0. The monoisotopic (exact) mass is 188 g/mol. The number of rotatable bonds is 4. The van der Waals surface area contributed by atoms with Crippen LogP contribution in [0, 0.1) is 0 Å². The number of aromatic nitrogens is 2. The molecule has 12 heavy (non-hydrogen) atoms. The zero-order valence-corrected chi connectivity index (χ0v) is 7.92. The average Bonchev–Trinajstić information content (AvgIpc) is 2.38. The van der Waals surface area contributed by atoms with Gasteiger partial charge in [0.15, 0.2) is 0 Å². The molecular formula is C8H13ClN2O. The lowest BCUT2D eigenvalue weighted by molar-refractivity contribution is 0.618. The van der Waals surface area contributed by atoms with E-state index in [1.807, 2.05) is 6.92 Å². The maximum Gasteiger partial charge on any atom is 0.328 e. The van der Waals surface area contributed by atoms with E-state index < -0.39 is 0 Å². The molecule has 3 nitrogen and oxygen atoms in total. The molecule has 0 N–H and O–H groups in total. The number of hydrogen-bond acceptors (Lipinski definition) is 1. The van der Waals surface area contributed by atoms with Crippen molar-refractivity contribution < 1.29 is 0 Å². The Kier molecular flexibility index (Phi) is 3.41. The van der Waals surface area contributed by atoms with E-state index >= 15 is 0 Å². The van der Waals surface area contributed by atoms with Gasteiger partial charge >= 0.3 is 5.69 Å². The van der Waals surface area contributed by atoms with Crippen molar-refractivity contribution in [3.8, 4) is 0 Å². The molecule has 0 spiro atoms. The van der Waals surface area contributed by atoms with Crippen molar-refractivity contribution in [2.24, 2.45) is 0 Å². The highest BCUT2D eigenvalue weighted by Gasteiger charge is 1.99. The lowest BCUT2D eigenvalue weighted by Gasteiger charge is -1.97. The van der Waals surface area contributed by atoms with Gasteiger partial charge in [-0.2, -0.15) is 0 Å². The van der Waals surface area contributed by atoms with Crippen molar-refractivity contribution in [1.29, 1.82) is 0 Å². The number of nitrogens with zero attached hydrogens (tertiary/aromatic N) is 2. The first-order valence-corrected chi connectivity index (χ1v) is 4.64. The first-order chi connectivity index (χ1) is 5.79. The molecule has 0 aliphatic rings. The summed E-state index contributed by atoms with van der Waals surface area (Å²) in [5, 5.41) is 0. The van der Waals surface area contributed by atoms with Crippen LogP contribution in [-0.2, 0) is 13.1 Å². The Labute approximate surface area is 76.6 Å². The summed E-state index contributed by atoms with van der Waals surface area (Å²) in [6, 6.07) is 0. The van der Waals surface area contributed by atoms with Crippen molar-refractivity contribution in [2.75, 3.05) is 5.88 Å². The van der Waals surface area contributed by atoms with Crippen molar-refractivity contribution in [3.63, 3.8) is 0 Å². The first-order valence-electron chi connectivity index (χ1n) is 4.11. The van der Waals surface area contributed by atoms with Crippen LogP contribution in [-0.4, -0.2) is 15.0 Å². The standard InChI is InChI=1S/C8H13ClN2O/c1-2-4-10-6-7-11(5-3-9)8(10)12/h6-7H,2-5H2,1H3. The molecule has 0 saturated heterocycles. The summed E-state index contributed by atoms with van der Waals surface area (Å²) in [6.07, 6.45) is 4.56. The Morgan fingerprint density at radius 3 is 2.42 bits per heavy atom. The van der Waals surface area contributed by atoms with Crippen LogP contribution >= 0.6 is 11.6 Å². The van der Waals surface area contributed by atoms with E-state index in [2.05, 4.69) is 0 Å². The van der Waals surface area contributed by atoms with Gasteiger partial charge in [-0.25, -0.2) is 4.79 Å². The van der Waals surface area contributed by atoms with E-state index in [0.29, 0.717) is 12.4 Å². The third kappa shape index (κ3) is 1.91. The highest BCUT2D eigenvalue weighted by molar-refractivity contribution is 6.17. The molecule has 1 aromatic heterocycles. The van der Waals surface area contributed by atoms with E-state index in [1.165, 1.54) is 0 Å². The molecule has 1 rings (SSSR count). The van der Waals surface area contributed by atoms with Gasteiger partial charge in [0.05, 0.1) is 0 Å². The largest absolute Gasteiger partial charge is 0.328 e. The third-order valence-electron chi connectivity index (χ3n) is 1.71. The second-order valence-corrected chi connectivity index (χ2v) is 3.03. The summed E-state index contributed by atoms with van der Waals surface area (Å²) in [5.74, 6) is 0.482. The minimum absolute atomic E-state index is 0.0394. The van der Waals surface area contributed by atoms with Crippen molar-refractivity contribution >= 4 is 11.6 Å². The molecular weight excluding hydrogens is 176 g/mol. The smallest absolute Gasteiger partial charge is 0.299 e. The molecule has 0 fully saturated rings. The number of alkyl halides is 1. The molecule has 0 aliphatic heterocycles. The molecule has 1 aromatic rings. The third-order valence-corrected chi connectivity index (χ3v) is 1.88. The maximum absolute atomic E-state index is 11.4. The number of halogens is 1. The van der Waals surface area contributed by atoms with Crippen LogP contribution in [0.4, 0.5) is 0 Å². The quantitative estimate of drug-likeness (QED) is 0.655. The van der Waals surface area contributed by atoms with E-state index in [1.54, 1.807) is 21.5 Å². The summed E-state index contributed by atoms with van der Waals surface area (Å²) < 4.78 is 3.33. The minimum atomic E-state index is 0.0394. The van der Waals surface area contributed by atoms with Gasteiger partial charge in [-0.05, 0) is 6.42 Å². The van der Waals surface area contributed by atoms with Gasteiger partial charge in [0.2, 0.25) is 0 Å². The molecule has 0 aromatic carbocycles. The van der Waals surface area contributed by atoms with Crippen LogP contribution < -0.4 is 5.69 Å². The average molecular weight is 189 g/mol. The van der Waals surface area contributed by atoms with Gasteiger partial charge in [0.25, 0.3) is 0 Å². The normalized spacial score (nSPS) is 10.5. The summed E-state index contributed by atoms with van der Waals surface area (Å²) in [4.78, 5) is 11.4. The Hall–Kier alpha value is -0.700. The Morgan fingerprint density at radius 2 is 1.92 bits per heavy atom. The van der Waals surface area contributed by atoms with Crippen LogP contribution in [0.3, 0.4) is 0 Å².